The lowest BCUT2D eigenvalue weighted by molar-refractivity contribution is 0.411. The van der Waals surface area contributed by atoms with Crippen molar-refractivity contribution in [2.45, 2.75) is 20.3 Å². The van der Waals surface area contributed by atoms with Crippen LogP contribution in [0.5, 0.6) is 5.75 Å². The van der Waals surface area contributed by atoms with Crippen LogP contribution in [-0.2, 0) is 6.42 Å². The average molecular weight is 150 g/mol. The largest absolute Gasteiger partial charge is 0.494 e. The van der Waals surface area contributed by atoms with E-state index in [9.17, 15) is 0 Å². The first-order chi connectivity index (χ1) is 5.27. The molecule has 0 bridgehead atoms. The molecule has 0 saturated carbocycles. The Hall–Kier alpha value is -1.05. The molecule has 0 aliphatic carbocycles. The van der Waals surface area contributed by atoms with Gasteiger partial charge in [-0.2, -0.15) is 0 Å². The van der Waals surface area contributed by atoms with Crippen LogP contribution in [0.2, 0.25) is 0 Å². The van der Waals surface area contributed by atoms with E-state index in [0.717, 1.165) is 12.1 Å². The van der Waals surface area contributed by atoms with Crippen molar-refractivity contribution in [2.75, 3.05) is 7.11 Å². The Balaban J connectivity index is 2.99. The Morgan fingerprint density at radius 1 is 1.64 bits per heavy atom. The molecule has 1 aromatic rings. The van der Waals surface area contributed by atoms with E-state index in [1.54, 1.807) is 7.11 Å². The van der Waals surface area contributed by atoms with Gasteiger partial charge in [-0.05, 0) is 25.0 Å². The van der Waals surface area contributed by atoms with E-state index in [2.05, 4.69) is 18.1 Å². The standard InChI is InChI=1S/C9H12NO/c1-4-9-7(2)5-8(11-3)6-10-9/h5H,4H2,1-3H3. The number of pyridine rings is 1. The fourth-order valence-electron chi connectivity index (χ4n) is 0.985. The maximum Gasteiger partial charge on any atom is 0.147 e. The number of rotatable bonds is 2. The number of hydrogen-bond acceptors (Lipinski definition) is 2. The van der Waals surface area contributed by atoms with Crippen molar-refractivity contribution in [3.63, 3.8) is 0 Å². The molecule has 0 saturated heterocycles. The third-order valence-corrected chi connectivity index (χ3v) is 1.66. The first kappa shape index (κ1) is 8.05. The van der Waals surface area contributed by atoms with E-state index in [4.69, 9.17) is 4.74 Å². The maximum atomic E-state index is 4.98. The molecule has 1 heterocycles. The van der Waals surface area contributed by atoms with E-state index in [1.807, 2.05) is 13.0 Å². The summed E-state index contributed by atoms with van der Waals surface area (Å²) in [5.74, 6) is 0.708. The normalized spacial score (nSPS) is 9.73. The summed E-state index contributed by atoms with van der Waals surface area (Å²) in [5, 5.41) is 0. The molecule has 0 fully saturated rings. The van der Waals surface area contributed by atoms with Crippen molar-refractivity contribution < 1.29 is 4.74 Å². The molecular weight excluding hydrogens is 138 g/mol. The smallest absolute Gasteiger partial charge is 0.147 e. The Labute approximate surface area is 67.2 Å². The molecule has 0 aromatic carbocycles. The minimum Gasteiger partial charge on any atom is -0.494 e. The van der Waals surface area contributed by atoms with Gasteiger partial charge in [0.05, 0.1) is 7.11 Å². The molecular formula is C9H12NO. The van der Waals surface area contributed by atoms with Gasteiger partial charge in [-0.15, -0.1) is 0 Å². The van der Waals surface area contributed by atoms with Crippen LogP contribution in [0.3, 0.4) is 0 Å². The summed E-state index contributed by atoms with van der Waals surface area (Å²) in [5.41, 5.74) is 2.26. The second-order valence-corrected chi connectivity index (χ2v) is 2.42. The van der Waals surface area contributed by atoms with Gasteiger partial charge >= 0.3 is 0 Å². The highest BCUT2D eigenvalue weighted by Crippen LogP contribution is 2.12. The zero-order chi connectivity index (χ0) is 8.27. The SMILES string of the molecule is CCc1n[c]c(OC)cc1C. The lowest BCUT2D eigenvalue weighted by Crippen LogP contribution is -1.93. The van der Waals surface area contributed by atoms with Gasteiger partial charge in [-0.3, -0.25) is 0 Å². The second-order valence-electron chi connectivity index (χ2n) is 2.42. The molecule has 0 spiro atoms. The van der Waals surface area contributed by atoms with Gasteiger partial charge in [0.1, 0.15) is 11.9 Å². The van der Waals surface area contributed by atoms with E-state index in [-0.39, 0.29) is 0 Å². The maximum absolute atomic E-state index is 4.98. The first-order valence-corrected chi connectivity index (χ1v) is 3.70. The van der Waals surface area contributed by atoms with Crippen LogP contribution >= 0.6 is 0 Å². The Kier molecular flexibility index (Phi) is 2.47. The zero-order valence-corrected chi connectivity index (χ0v) is 7.14. The fraction of sp³-hybridized carbons (Fsp3) is 0.444. The van der Waals surface area contributed by atoms with Crippen molar-refractivity contribution in [2.24, 2.45) is 0 Å². The predicted molar refractivity (Wildman–Crippen MR) is 43.7 cm³/mol. The molecule has 0 aliphatic rings. The van der Waals surface area contributed by atoms with Crippen molar-refractivity contribution in [3.05, 3.63) is 23.5 Å². The summed E-state index contributed by atoms with van der Waals surface area (Å²) in [6, 6.07) is 1.95. The molecule has 2 heteroatoms. The van der Waals surface area contributed by atoms with Gasteiger partial charge in [-0.25, -0.2) is 4.98 Å². The lowest BCUT2D eigenvalue weighted by Gasteiger charge is -2.02. The minimum atomic E-state index is 0.708. The van der Waals surface area contributed by atoms with Crippen LogP contribution < -0.4 is 4.74 Å². The molecule has 0 atom stereocenters. The molecule has 2 nitrogen and oxygen atoms in total. The minimum absolute atomic E-state index is 0.708. The Morgan fingerprint density at radius 2 is 2.36 bits per heavy atom. The van der Waals surface area contributed by atoms with Gasteiger partial charge in [-0.1, -0.05) is 6.92 Å². The van der Waals surface area contributed by atoms with E-state index >= 15 is 0 Å². The van der Waals surface area contributed by atoms with E-state index in [1.165, 1.54) is 5.56 Å². The van der Waals surface area contributed by atoms with E-state index < -0.39 is 0 Å². The Morgan fingerprint density at radius 3 is 2.82 bits per heavy atom. The monoisotopic (exact) mass is 150 g/mol. The molecule has 0 N–H and O–H groups in total. The molecule has 1 rings (SSSR count). The van der Waals surface area contributed by atoms with Gasteiger partial charge in [0, 0.05) is 5.69 Å². The van der Waals surface area contributed by atoms with Gasteiger partial charge in [0.15, 0.2) is 0 Å². The molecule has 1 aromatic heterocycles. The van der Waals surface area contributed by atoms with Crippen LogP contribution in [-0.4, -0.2) is 12.1 Å². The number of nitrogens with zero attached hydrogens (tertiary/aromatic N) is 1. The zero-order valence-electron chi connectivity index (χ0n) is 7.14. The molecule has 1 radical (unpaired) electrons. The van der Waals surface area contributed by atoms with Gasteiger partial charge in [0.2, 0.25) is 0 Å². The number of hydrogen-bond donors (Lipinski definition) is 0. The topological polar surface area (TPSA) is 22.1 Å². The summed E-state index contributed by atoms with van der Waals surface area (Å²) in [6.45, 7) is 4.11. The van der Waals surface area contributed by atoms with Gasteiger partial charge < -0.3 is 4.74 Å². The summed E-state index contributed by atoms with van der Waals surface area (Å²) in [7, 11) is 1.62. The third kappa shape index (κ3) is 1.70. The number of aryl methyl sites for hydroxylation is 2. The number of methoxy groups -OCH3 is 1. The Bertz CT molecular complexity index is 245. The summed E-state index contributed by atoms with van der Waals surface area (Å²) in [6.07, 6.45) is 3.76. The summed E-state index contributed by atoms with van der Waals surface area (Å²) in [4.78, 5) is 4.12. The second kappa shape index (κ2) is 3.37. The molecule has 59 valence electrons. The summed E-state index contributed by atoms with van der Waals surface area (Å²) >= 11 is 0. The van der Waals surface area contributed by atoms with Crippen molar-refractivity contribution in [3.8, 4) is 5.75 Å². The van der Waals surface area contributed by atoms with Crippen LogP contribution in [0.4, 0.5) is 0 Å². The summed E-state index contributed by atoms with van der Waals surface area (Å²) < 4.78 is 4.98. The lowest BCUT2D eigenvalue weighted by atomic mass is 10.2. The van der Waals surface area contributed by atoms with Crippen molar-refractivity contribution in [1.29, 1.82) is 0 Å². The quantitative estimate of drug-likeness (QED) is 0.641. The van der Waals surface area contributed by atoms with Crippen molar-refractivity contribution >= 4 is 0 Å². The predicted octanol–water partition coefficient (Wildman–Crippen LogP) is 1.76. The van der Waals surface area contributed by atoms with Crippen LogP contribution in [0, 0.1) is 13.1 Å². The number of aromatic nitrogens is 1. The highest BCUT2D eigenvalue weighted by molar-refractivity contribution is 5.27. The molecule has 0 aliphatic heterocycles. The van der Waals surface area contributed by atoms with Crippen molar-refractivity contribution in [1.82, 2.24) is 4.98 Å². The molecule has 0 unspecified atom stereocenters. The fourth-order valence-corrected chi connectivity index (χ4v) is 0.985. The van der Waals surface area contributed by atoms with Crippen LogP contribution in [0.1, 0.15) is 18.2 Å². The highest BCUT2D eigenvalue weighted by atomic mass is 16.5. The third-order valence-electron chi connectivity index (χ3n) is 1.66. The first-order valence-electron chi connectivity index (χ1n) is 3.70. The molecule has 0 amide bonds. The van der Waals surface area contributed by atoms with Crippen LogP contribution in [0.25, 0.3) is 0 Å². The number of ether oxygens (including phenoxy) is 1. The average Bonchev–Trinajstić information content (AvgIpc) is 2.04. The highest BCUT2D eigenvalue weighted by Gasteiger charge is 1.98. The van der Waals surface area contributed by atoms with Gasteiger partial charge in [0.25, 0.3) is 0 Å². The molecule has 11 heavy (non-hydrogen) atoms. The van der Waals surface area contributed by atoms with Crippen LogP contribution in [0.15, 0.2) is 6.07 Å². The van der Waals surface area contributed by atoms with E-state index in [0.29, 0.717) is 5.75 Å².